The van der Waals surface area contributed by atoms with Gasteiger partial charge < -0.3 is 14.5 Å². The van der Waals surface area contributed by atoms with Crippen LogP contribution in [0.4, 0.5) is 14.6 Å². The van der Waals surface area contributed by atoms with Gasteiger partial charge >= 0.3 is 0 Å². The van der Waals surface area contributed by atoms with Crippen molar-refractivity contribution < 1.29 is 18.3 Å². The van der Waals surface area contributed by atoms with Crippen LogP contribution in [0.5, 0.6) is 11.6 Å². The number of nitrogens with zero attached hydrogens (tertiary/aromatic N) is 4. The predicted octanol–water partition coefficient (Wildman–Crippen LogP) is 4.80. The van der Waals surface area contributed by atoms with Crippen molar-refractivity contribution in [3.8, 4) is 11.6 Å². The number of aromatic nitrogens is 2. The van der Waals surface area contributed by atoms with Gasteiger partial charge in [-0.25, -0.2) is 18.7 Å². The van der Waals surface area contributed by atoms with Crippen LogP contribution in [0, 0.1) is 17.6 Å². The molecule has 0 radical (unpaired) electrons. The molecule has 0 unspecified atom stereocenters. The van der Waals surface area contributed by atoms with Gasteiger partial charge in [-0.1, -0.05) is 26.7 Å². The highest BCUT2D eigenvalue weighted by Crippen LogP contribution is 2.26. The van der Waals surface area contributed by atoms with Gasteiger partial charge in [0.2, 0.25) is 11.8 Å². The van der Waals surface area contributed by atoms with E-state index in [1.807, 2.05) is 4.90 Å². The van der Waals surface area contributed by atoms with E-state index in [2.05, 4.69) is 35.6 Å². The molecular weight excluding hydrogens is 402 g/mol. The molecule has 1 saturated heterocycles. The van der Waals surface area contributed by atoms with Crippen molar-refractivity contribution in [1.82, 2.24) is 14.9 Å². The summed E-state index contributed by atoms with van der Waals surface area (Å²) in [6.45, 7) is 8.21. The van der Waals surface area contributed by atoms with Gasteiger partial charge in [-0.05, 0) is 31.9 Å². The topological polar surface area (TPSA) is 58.6 Å². The zero-order valence-corrected chi connectivity index (χ0v) is 18.4. The number of halogens is 2. The molecule has 0 spiro atoms. The number of unbranched alkanes of at least 4 members (excludes halogenated alkanes) is 1. The van der Waals surface area contributed by atoms with E-state index in [-0.39, 0.29) is 29.5 Å². The summed E-state index contributed by atoms with van der Waals surface area (Å²) in [4.78, 5) is 25.5. The van der Waals surface area contributed by atoms with Crippen LogP contribution in [-0.4, -0.2) is 46.5 Å². The number of piperazine rings is 1. The summed E-state index contributed by atoms with van der Waals surface area (Å²) in [5.74, 6) is -0.512. The first-order valence-electron chi connectivity index (χ1n) is 10.9. The van der Waals surface area contributed by atoms with Crippen molar-refractivity contribution in [3.05, 3.63) is 42.2 Å². The normalized spacial score (nSPS) is 17.5. The van der Waals surface area contributed by atoms with E-state index in [0.717, 1.165) is 37.8 Å². The number of hydrogen-bond acceptors (Lipinski definition) is 5. The summed E-state index contributed by atoms with van der Waals surface area (Å²) in [5.41, 5.74) is 0. The Morgan fingerprint density at radius 1 is 1.19 bits per heavy atom. The van der Waals surface area contributed by atoms with Gasteiger partial charge in [-0.2, -0.15) is 0 Å². The fourth-order valence-corrected chi connectivity index (χ4v) is 3.90. The van der Waals surface area contributed by atoms with Gasteiger partial charge in [0.05, 0.1) is 0 Å². The number of carbonyl (C=O) groups is 1. The van der Waals surface area contributed by atoms with E-state index in [1.54, 1.807) is 6.07 Å². The molecule has 1 aromatic heterocycles. The quantitative estimate of drug-likeness (QED) is 0.600. The molecule has 2 atom stereocenters. The second kappa shape index (κ2) is 10.5. The van der Waals surface area contributed by atoms with E-state index in [4.69, 9.17) is 4.74 Å². The number of rotatable bonds is 8. The van der Waals surface area contributed by atoms with E-state index in [0.29, 0.717) is 25.5 Å². The fraction of sp³-hybridized carbons (Fsp3) is 0.522. The van der Waals surface area contributed by atoms with E-state index in [1.165, 1.54) is 12.4 Å². The van der Waals surface area contributed by atoms with Crippen LogP contribution in [0.15, 0.2) is 30.6 Å². The summed E-state index contributed by atoms with van der Waals surface area (Å²) >= 11 is 0. The maximum absolute atomic E-state index is 13.4. The molecule has 2 aromatic rings. The Morgan fingerprint density at radius 3 is 2.68 bits per heavy atom. The number of amides is 1. The molecule has 2 heterocycles. The zero-order chi connectivity index (χ0) is 22.4. The van der Waals surface area contributed by atoms with Crippen molar-refractivity contribution in [3.63, 3.8) is 0 Å². The van der Waals surface area contributed by atoms with Crippen molar-refractivity contribution >= 4 is 11.7 Å². The SMILES string of the molecule is CCCC[C@@H](CC)C(=O)N1CCN(c2cc(Oc3ccc(F)c(F)c3)ncn2)C[C@H]1C. The summed E-state index contributed by atoms with van der Waals surface area (Å²) in [6, 6.07) is 5.06. The summed E-state index contributed by atoms with van der Waals surface area (Å²) in [6.07, 6.45) is 5.35. The van der Waals surface area contributed by atoms with E-state index < -0.39 is 11.6 Å². The highest BCUT2D eigenvalue weighted by atomic mass is 19.2. The number of ether oxygens (including phenoxy) is 1. The van der Waals surface area contributed by atoms with Gasteiger partial charge in [0.15, 0.2) is 11.6 Å². The minimum atomic E-state index is -0.981. The molecule has 1 amide bonds. The molecule has 1 aliphatic heterocycles. The monoisotopic (exact) mass is 432 g/mol. The summed E-state index contributed by atoms with van der Waals surface area (Å²) in [7, 11) is 0. The van der Waals surface area contributed by atoms with Gasteiger partial charge in [0, 0.05) is 43.7 Å². The first-order chi connectivity index (χ1) is 14.9. The molecule has 31 heavy (non-hydrogen) atoms. The molecular formula is C23H30F2N4O2. The molecule has 1 aliphatic rings. The maximum Gasteiger partial charge on any atom is 0.226 e. The standard InChI is InChI=1S/C23H30F2N4O2/c1-4-6-7-17(5-2)23(30)29-11-10-28(14-16(29)3)21-13-22(27-15-26-21)31-18-8-9-19(24)20(25)12-18/h8-9,12-13,15-17H,4-7,10-11,14H2,1-3H3/t16-,17-/m1/s1. The second-order valence-corrected chi connectivity index (χ2v) is 7.97. The molecule has 8 heteroatoms. The number of hydrogen-bond donors (Lipinski definition) is 0. The molecule has 0 bridgehead atoms. The Morgan fingerprint density at radius 2 is 2.00 bits per heavy atom. The van der Waals surface area contributed by atoms with E-state index in [9.17, 15) is 13.6 Å². The Hall–Kier alpha value is -2.77. The smallest absolute Gasteiger partial charge is 0.226 e. The Labute approximate surface area is 182 Å². The summed E-state index contributed by atoms with van der Waals surface area (Å²) < 4.78 is 32.1. The molecule has 1 fully saturated rings. The highest BCUT2D eigenvalue weighted by molar-refractivity contribution is 5.79. The maximum atomic E-state index is 13.4. The van der Waals surface area contributed by atoms with Gasteiger partial charge in [0.25, 0.3) is 0 Å². The zero-order valence-electron chi connectivity index (χ0n) is 18.4. The van der Waals surface area contributed by atoms with Crippen molar-refractivity contribution in [2.24, 2.45) is 5.92 Å². The van der Waals surface area contributed by atoms with Crippen LogP contribution >= 0.6 is 0 Å². The summed E-state index contributed by atoms with van der Waals surface area (Å²) in [5, 5.41) is 0. The lowest BCUT2D eigenvalue weighted by atomic mass is 9.96. The number of carbonyl (C=O) groups excluding carboxylic acids is 1. The van der Waals surface area contributed by atoms with Crippen molar-refractivity contribution in [2.75, 3.05) is 24.5 Å². The molecule has 0 aliphatic carbocycles. The fourth-order valence-electron chi connectivity index (χ4n) is 3.90. The van der Waals surface area contributed by atoms with Crippen molar-refractivity contribution in [1.29, 1.82) is 0 Å². The number of anilines is 1. The average molecular weight is 433 g/mol. The van der Waals surface area contributed by atoms with Gasteiger partial charge in [-0.15, -0.1) is 0 Å². The Bertz CT molecular complexity index is 896. The lowest BCUT2D eigenvalue weighted by Gasteiger charge is -2.41. The average Bonchev–Trinajstić information content (AvgIpc) is 2.77. The first kappa shape index (κ1) is 22.9. The highest BCUT2D eigenvalue weighted by Gasteiger charge is 2.31. The third kappa shape index (κ3) is 5.68. The van der Waals surface area contributed by atoms with Crippen LogP contribution in [0.25, 0.3) is 0 Å². The lowest BCUT2D eigenvalue weighted by Crippen LogP contribution is -2.55. The molecule has 168 valence electrons. The Balaban J connectivity index is 1.65. The van der Waals surface area contributed by atoms with Crippen LogP contribution in [-0.2, 0) is 4.79 Å². The third-order valence-corrected chi connectivity index (χ3v) is 5.72. The Kier molecular flexibility index (Phi) is 7.76. The predicted molar refractivity (Wildman–Crippen MR) is 115 cm³/mol. The molecule has 0 N–H and O–H groups in total. The van der Waals surface area contributed by atoms with Crippen molar-refractivity contribution in [2.45, 2.75) is 52.5 Å². The van der Waals surface area contributed by atoms with Crippen LogP contribution < -0.4 is 9.64 Å². The largest absolute Gasteiger partial charge is 0.439 e. The van der Waals surface area contributed by atoms with Crippen LogP contribution in [0.2, 0.25) is 0 Å². The first-order valence-corrected chi connectivity index (χ1v) is 10.9. The molecule has 0 saturated carbocycles. The van der Waals surface area contributed by atoms with Crippen LogP contribution in [0.3, 0.4) is 0 Å². The van der Waals surface area contributed by atoms with Gasteiger partial charge in [0.1, 0.15) is 17.9 Å². The second-order valence-electron chi connectivity index (χ2n) is 7.97. The lowest BCUT2D eigenvalue weighted by molar-refractivity contribution is -0.138. The molecule has 6 nitrogen and oxygen atoms in total. The minimum Gasteiger partial charge on any atom is -0.439 e. The van der Waals surface area contributed by atoms with Gasteiger partial charge in [-0.3, -0.25) is 4.79 Å². The molecule has 3 rings (SSSR count). The van der Waals surface area contributed by atoms with Crippen LogP contribution in [0.1, 0.15) is 46.5 Å². The third-order valence-electron chi connectivity index (χ3n) is 5.72. The minimum absolute atomic E-state index is 0.0578. The number of benzene rings is 1. The van der Waals surface area contributed by atoms with E-state index >= 15 is 0 Å². The molecule has 1 aromatic carbocycles.